The molecule has 0 amide bonds. The Hall–Kier alpha value is -2.98. The molecule has 0 spiro atoms. The fourth-order valence-corrected chi connectivity index (χ4v) is 2.90. The van der Waals surface area contributed by atoms with Crippen molar-refractivity contribution in [2.45, 2.75) is 26.3 Å². The van der Waals surface area contributed by atoms with Crippen LogP contribution in [0.1, 0.15) is 31.3 Å². The molecule has 1 aromatic carbocycles. The molecule has 1 atom stereocenters. The van der Waals surface area contributed by atoms with Crippen molar-refractivity contribution in [3.05, 3.63) is 48.0 Å². The number of hydrogen-bond donors (Lipinski definition) is 1. The van der Waals surface area contributed by atoms with E-state index in [1.165, 1.54) is 0 Å². The largest absolute Gasteiger partial charge is 0.380 e. The van der Waals surface area contributed by atoms with Crippen molar-refractivity contribution >= 4 is 17.0 Å². The van der Waals surface area contributed by atoms with Gasteiger partial charge in [0.05, 0.1) is 29.4 Å². The highest BCUT2D eigenvalue weighted by Gasteiger charge is 2.23. The molecule has 26 heavy (non-hydrogen) atoms. The summed E-state index contributed by atoms with van der Waals surface area (Å²) in [6.07, 6.45) is 1.66. The number of nitrogens with one attached hydrogen (secondary N) is 1. The maximum absolute atomic E-state index is 9.81. The zero-order valence-electron chi connectivity index (χ0n) is 15.0. The molecular formula is C19H22N6O. The first-order valence-corrected chi connectivity index (χ1v) is 8.77. The lowest BCUT2D eigenvalue weighted by molar-refractivity contribution is 0.158. The molecule has 3 aromatic rings. The first-order chi connectivity index (χ1) is 12.8. The van der Waals surface area contributed by atoms with Gasteiger partial charge in [-0.25, -0.2) is 15.0 Å². The lowest BCUT2D eigenvalue weighted by Gasteiger charge is -2.12. The minimum Gasteiger partial charge on any atom is -0.380 e. The van der Waals surface area contributed by atoms with E-state index in [1.54, 1.807) is 12.3 Å². The molecule has 1 N–H and O–H groups in total. The Morgan fingerprint density at radius 1 is 1.23 bits per heavy atom. The van der Waals surface area contributed by atoms with Crippen LogP contribution in [0, 0.1) is 11.3 Å². The van der Waals surface area contributed by atoms with Crippen LogP contribution < -0.4 is 5.32 Å². The molecule has 2 aromatic heterocycles. The average molecular weight is 350 g/mol. The third kappa shape index (κ3) is 3.65. The third-order valence-corrected chi connectivity index (χ3v) is 4.09. The van der Waals surface area contributed by atoms with Crippen LogP contribution in [-0.2, 0) is 11.3 Å². The van der Waals surface area contributed by atoms with Gasteiger partial charge in [-0.15, -0.1) is 0 Å². The van der Waals surface area contributed by atoms with Gasteiger partial charge in [-0.1, -0.05) is 12.1 Å². The van der Waals surface area contributed by atoms with Gasteiger partial charge in [-0.3, -0.25) is 0 Å². The van der Waals surface area contributed by atoms with Gasteiger partial charge in [0.25, 0.3) is 0 Å². The lowest BCUT2D eigenvalue weighted by atomic mass is 10.1. The molecule has 0 aliphatic carbocycles. The maximum atomic E-state index is 9.81. The van der Waals surface area contributed by atoms with Crippen LogP contribution in [0.2, 0.25) is 0 Å². The highest BCUT2D eigenvalue weighted by molar-refractivity contribution is 5.76. The second kappa shape index (κ2) is 8.41. The van der Waals surface area contributed by atoms with Gasteiger partial charge in [0.2, 0.25) is 5.95 Å². The minimum atomic E-state index is -0.558. The second-order valence-electron chi connectivity index (χ2n) is 5.69. The van der Waals surface area contributed by atoms with Gasteiger partial charge < -0.3 is 14.6 Å². The Labute approximate surface area is 152 Å². The van der Waals surface area contributed by atoms with Gasteiger partial charge in [0, 0.05) is 25.9 Å². The van der Waals surface area contributed by atoms with Crippen molar-refractivity contribution in [2.24, 2.45) is 0 Å². The lowest BCUT2D eigenvalue weighted by Crippen LogP contribution is -2.14. The van der Waals surface area contributed by atoms with Crippen molar-refractivity contribution in [3.63, 3.8) is 0 Å². The first kappa shape index (κ1) is 17.8. The van der Waals surface area contributed by atoms with E-state index < -0.39 is 5.92 Å². The zero-order valence-corrected chi connectivity index (χ0v) is 15.0. The van der Waals surface area contributed by atoms with Gasteiger partial charge in [0.15, 0.2) is 0 Å². The van der Waals surface area contributed by atoms with Crippen LogP contribution in [0.5, 0.6) is 0 Å². The van der Waals surface area contributed by atoms with Crippen LogP contribution in [-0.4, -0.2) is 39.3 Å². The molecule has 0 radical (unpaired) electrons. The molecule has 3 rings (SSSR count). The molecule has 2 heterocycles. The fraction of sp³-hybridized carbons (Fsp3) is 0.368. The fourth-order valence-electron chi connectivity index (χ4n) is 2.90. The maximum Gasteiger partial charge on any atom is 0.222 e. The Balaban J connectivity index is 1.91. The van der Waals surface area contributed by atoms with E-state index >= 15 is 0 Å². The zero-order chi connectivity index (χ0) is 18.4. The standard InChI is InChI=1S/C19H22N6O/c1-3-25-17-8-6-5-7-16(17)23-18(25)14(13-20)15-9-10-21-19(24-15)22-11-12-26-4-2/h5-10,14H,3-4,11-12H2,1-2H3,(H,21,22,24). The summed E-state index contributed by atoms with van der Waals surface area (Å²) < 4.78 is 7.37. The summed E-state index contributed by atoms with van der Waals surface area (Å²) in [5, 5.41) is 12.9. The van der Waals surface area contributed by atoms with Crippen LogP contribution in [0.15, 0.2) is 36.5 Å². The number of nitriles is 1. The summed E-state index contributed by atoms with van der Waals surface area (Å²) in [5.41, 5.74) is 2.54. The van der Waals surface area contributed by atoms with E-state index in [4.69, 9.17) is 4.74 Å². The highest BCUT2D eigenvalue weighted by atomic mass is 16.5. The number of rotatable bonds is 8. The van der Waals surface area contributed by atoms with Crippen molar-refractivity contribution in [1.82, 2.24) is 19.5 Å². The topological polar surface area (TPSA) is 88.6 Å². The number of imidazole rings is 1. The molecule has 0 saturated heterocycles. The van der Waals surface area contributed by atoms with Gasteiger partial charge in [0.1, 0.15) is 11.7 Å². The highest BCUT2D eigenvalue weighted by Crippen LogP contribution is 2.26. The number of fused-ring (bicyclic) bond motifs is 1. The number of aryl methyl sites for hydroxylation is 1. The smallest absolute Gasteiger partial charge is 0.222 e. The molecule has 0 bridgehead atoms. The monoisotopic (exact) mass is 350 g/mol. The predicted octanol–water partition coefficient (Wildman–Crippen LogP) is 2.95. The molecule has 134 valence electrons. The van der Waals surface area contributed by atoms with Crippen LogP contribution >= 0.6 is 0 Å². The summed E-state index contributed by atoms with van der Waals surface area (Å²) in [4.78, 5) is 13.4. The predicted molar refractivity (Wildman–Crippen MR) is 99.9 cm³/mol. The van der Waals surface area contributed by atoms with E-state index in [0.29, 0.717) is 37.2 Å². The Morgan fingerprint density at radius 2 is 2.08 bits per heavy atom. The van der Waals surface area contributed by atoms with E-state index in [2.05, 4.69) is 30.9 Å². The third-order valence-electron chi connectivity index (χ3n) is 4.09. The Bertz CT molecular complexity index is 914. The summed E-state index contributed by atoms with van der Waals surface area (Å²) in [6.45, 7) is 6.60. The molecule has 0 aliphatic rings. The summed E-state index contributed by atoms with van der Waals surface area (Å²) in [5.74, 6) is 0.634. The molecule has 0 fully saturated rings. The van der Waals surface area contributed by atoms with E-state index in [0.717, 1.165) is 17.6 Å². The van der Waals surface area contributed by atoms with Gasteiger partial charge in [-0.2, -0.15) is 5.26 Å². The molecular weight excluding hydrogens is 328 g/mol. The van der Waals surface area contributed by atoms with Crippen molar-refractivity contribution in [2.75, 3.05) is 25.1 Å². The van der Waals surface area contributed by atoms with E-state index in [9.17, 15) is 5.26 Å². The number of aromatic nitrogens is 4. The summed E-state index contributed by atoms with van der Waals surface area (Å²) in [7, 11) is 0. The quantitative estimate of drug-likeness (QED) is 0.628. The van der Waals surface area contributed by atoms with Crippen molar-refractivity contribution in [1.29, 1.82) is 5.26 Å². The van der Waals surface area contributed by atoms with E-state index in [1.807, 2.05) is 38.1 Å². The molecule has 0 saturated carbocycles. The van der Waals surface area contributed by atoms with Crippen LogP contribution in [0.25, 0.3) is 11.0 Å². The van der Waals surface area contributed by atoms with E-state index in [-0.39, 0.29) is 0 Å². The van der Waals surface area contributed by atoms with Gasteiger partial charge in [-0.05, 0) is 32.0 Å². The number of benzene rings is 1. The Kier molecular flexibility index (Phi) is 5.77. The Morgan fingerprint density at radius 3 is 2.85 bits per heavy atom. The molecule has 7 heteroatoms. The van der Waals surface area contributed by atoms with Crippen molar-refractivity contribution < 1.29 is 4.74 Å². The van der Waals surface area contributed by atoms with Crippen molar-refractivity contribution in [3.8, 4) is 6.07 Å². The summed E-state index contributed by atoms with van der Waals surface area (Å²) in [6, 6.07) is 12.0. The number of ether oxygens (including phenoxy) is 1. The SMILES string of the molecule is CCOCCNc1nccc(C(C#N)c2nc3ccccc3n2CC)n1. The number of anilines is 1. The summed E-state index contributed by atoms with van der Waals surface area (Å²) >= 11 is 0. The normalized spacial score (nSPS) is 12.0. The second-order valence-corrected chi connectivity index (χ2v) is 5.69. The number of hydrogen-bond acceptors (Lipinski definition) is 6. The average Bonchev–Trinajstić information content (AvgIpc) is 3.04. The van der Waals surface area contributed by atoms with Crippen LogP contribution in [0.3, 0.4) is 0 Å². The number of para-hydroxylation sites is 2. The molecule has 0 aliphatic heterocycles. The molecule has 1 unspecified atom stereocenters. The minimum absolute atomic E-state index is 0.488. The van der Waals surface area contributed by atoms with Gasteiger partial charge >= 0.3 is 0 Å². The number of nitrogens with zero attached hydrogens (tertiary/aromatic N) is 5. The van der Waals surface area contributed by atoms with Crippen LogP contribution in [0.4, 0.5) is 5.95 Å². The first-order valence-electron chi connectivity index (χ1n) is 8.77. The molecule has 7 nitrogen and oxygen atoms in total.